The van der Waals surface area contributed by atoms with Gasteiger partial charge in [0.25, 0.3) is 0 Å². The van der Waals surface area contributed by atoms with Gasteiger partial charge in [0.15, 0.2) is 0 Å². The summed E-state index contributed by atoms with van der Waals surface area (Å²) in [5.41, 5.74) is -1.95. The van der Waals surface area contributed by atoms with Crippen LogP contribution < -0.4 is 10.0 Å². The number of alkyl halides is 2. The molecular weight excluding hydrogens is 636 g/mol. The predicted molar refractivity (Wildman–Crippen MR) is 154 cm³/mol. The summed E-state index contributed by atoms with van der Waals surface area (Å²) in [6.45, 7) is 4.43. The number of hydrogen-bond acceptors (Lipinski definition) is 4. The summed E-state index contributed by atoms with van der Waals surface area (Å²) in [5, 5.41) is -0.154. The minimum atomic E-state index is -5.66. The Morgan fingerprint density at radius 3 is 2.05 bits per heavy atom. The van der Waals surface area contributed by atoms with Crippen LogP contribution in [-0.2, 0) is 26.3 Å². The van der Waals surface area contributed by atoms with Gasteiger partial charge in [-0.1, -0.05) is 72.2 Å². The molecule has 0 bridgehead atoms. The number of benzene rings is 3. The lowest BCUT2D eigenvalue weighted by Crippen LogP contribution is -2.14. The van der Waals surface area contributed by atoms with Crippen LogP contribution in [-0.4, -0.2) is 26.2 Å². The molecule has 0 aliphatic rings. The highest BCUT2D eigenvalue weighted by molar-refractivity contribution is 9.10. The number of hydrogen-bond donors (Lipinski definition) is 4. The van der Waals surface area contributed by atoms with Gasteiger partial charge in [-0.25, -0.2) is 0 Å². The van der Waals surface area contributed by atoms with Crippen molar-refractivity contribution in [1.82, 2.24) is 0 Å². The van der Waals surface area contributed by atoms with Crippen LogP contribution in [0.25, 0.3) is 11.1 Å². The molecule has 3 aromatic rings. The Balaban J connectivity index is 1.66. The fourth-order valence-corrected chi connectivity index (χ4v) is 6.60. The molecule has 3 aromatic carbocycles. The van der Waals surface area contributed by atoms with E-state index in [9.17, 15) is 27.7 Å². The molecule has 13 heteroatoms. The topological polar surface area (TPSA) is 124 Å². The van der Waals surface area contributed by atoms with E-state index in [0.29, 0.717) is 35.2 Å². The Labute approximate surface area is 238 Å². The monoisotopic (exact) mass is 664 g/mol. The lowest BCUT2D eigenvalue weighted by molar-refractivity contribution is 0.0557. The molecule has 0 aromatic heterocycles. The zero-order chi connectivity index (χ0) is 29.0. The highest BCUT2D eigenvalue weighted by atomic mass is 79.9. The first-order valence-electron chi connectivity index (χ1n) is 11.8. The van der Waals surface area contributed by atoms with Gasteiger partial charge in [-0.05, 0) is 52.8 Å². The molecule has 0 amide bonds. The second-order valence-electron chi connectivity index (χ2n) is 9.35. The number of ether oxygens (including phenoxy) is 1. The predicted octanol–water partition coefficient (Wildman–Crippen LogP) is 7.00. The third kappa shape index (κ3) is 8.47. The zero-order valence-corrected chi connectivity index (χ0v) is 25.3. The lowest BCUT2D eigenvalue weighted by Gasteiger charge is -2.19. The minimum absolute atomic E-state index is 0.0794. The molecule has 0 saturated carbocycles. The molecule has 0 fully saturated rings. The molecular formula is C26H29BrF2O7P2S. The standard InChI is InChI=1S/C26H29BrF2O7P2S/c1-17(2)11-12-36-24-10-8-21(14-25(24)37(30,31)32)20-6-3-18(4-7-20)15-39-16-19-5-9-22(23(27)13-19)26(28,29)38(33,34)35/h3-10,13-14,17H,11-12,15-16H2,1-2H3,(H2,30,31,32)(H2,33,34,35). The smallest absolute Gasteiger partial charge is 0.399 e. The lowest BCUT2D eigenvalue weighted by atomic mass is 10.0. The molecule has 0 aliphatic carbocycles. The van der Waals surface area contributed by atoms with E-state index in [1.807, 2.05) is 38.1 Å². The van der Waals surface area contributed by atoms with Crippen molar-refractivity contribution in [3.05, 3.63) is 81.8 Å². The van der Waals surface area contributed by atoms with Gasteiger partial charge >= 0.3 is 20.9 Å². The quantitative estimate of drug-likeness (QED) is 0.153. The normalized spacial score (nSPS) is 12.7. The van der Waals surface area contributed by atoms with E-state index in [-0.39, 0.29) is 15.5 Å². The van der Waals surface area contributed by atoms with Crippen molar-refractivity contribution in [2.75, 3.05) is 6.61 Å². The van der Waals surface area contributed by atoms with Crippen LogP contribution in [0.1, 0.15) is 37.0 Å². The molecule has 3 rings (SSSR count). The van der Waals surface area contributed by atoms with Gasteiger partial charge < -0.3 is 24.3 Å². The second kappa shape index (κ2) is 13.0. The first kappa shape index (κ1) is 32.0. The summed E-state index contributed by atoms with van der Waals surface area (Å²) in [6.07, 6.45) is 0.761. The second-order valence-corrected chi connectivity index (χ2v) is 14.4. The molecule has 0 unspecified atom stereocenters. The fourth-order valence-electron chi connectivity index (χ4n) is 3.58. The van der Waals surface area contributed by atoms with Crippen molar-refractivity contribution in [3.63, 3.8) is 0 Å². The number of thioether (sulfide) groups is 1. The van der Waals surface area contributed by atoms with Crippen LogP contribution in [0, 0.1) is 5.92 Å². The van der Waals surface area contributed by atoms with E-state index < -0.39 is 26.4 Å². The molecule has 0 atom stereocenters. The van der Waals surface area contributed by atoms with Crippen molar-refractivity contribution in [3.8, 4) is 16.9 Å². The summed E-state index contributed by atoms with van der Waals surface area (Å²) in [4.78, 5) is 37.6. The van der Waals surface area contributed by atoms with Gasteiger partial charge in [0.1, 0.15) is 11.1 Å². The van der Waals surface area contributed by atoms with E-state index in [0.717, 1.165) is 23.6 Å². The Hall–Kier alpha value is -1.55. The van der Waals surface area contributed by atoms with Crippen LogP contribution >= 0.6 is 42.9 Å². The van der Waals surface area contributed by atoms with Crippen LogP contribution in [0.3, 0.4) is 0 Å². The third-order valence-electron chi connectivity index (χ3n) is 5.77. The molecule has 39 heavy (non-hydrogen) atoms. The van der Waals surface area contributed by atoms with Crippen LogP contribution in [0.4, 0.5) is 8.78 Å². The van der Waals surface area contributed by atoms with Crippen molar-refractivity contribution in [2.45, 2.75) is 37.4 Å². The Bertz CT molecular complexity index is 1390. The highest BCUT2D eigenvalue weighted by Crippen LogP contribution is 2.60. The van der Waals surface area contributed by atoms with Gasteiger partial charge in [0, 0.05) is 21.5 Å². The van der Waals surface area contributed by atoms with E-state index in [1.165, 1.54) is 30.0 Å². The van der Waals surface area contributed by atoms with Crippen LogP contribution in [0.2, 0.25) is 0 Å². The first-order valence-corrected chi connectivity index (χ1v) is 17.0. The number of halogens is 3. The van der Waals surface area contributed by atoms with Crippen LogP contribution in [0.15, 0.2) is 65.1 Å². The molecule has 212 valence electrons. The summed E-state index contributed by atoms with van der Waals surface area (Å²) < 4.78 is 56.8. The molecule has 0 saturated heterocycles. The summed E-state index contributed by atoms with van der Waals surface area (Å²) in [5.74, 6) is 1.65. The van der Waals surface area contributed by atoms with E-state index in [1.54, 1.807) is 12.1 Å². The number of rotatable bonds is 12. The highest BCUT2D eigenvalue weighted by Gasteiger charge is 2.51. The van der Waals surface area contributed by atoms with Gasteiger partial charge in [0.2, 0.25) is 0 Å². The third-order valence-corrected chi connectivity index (χ3v) is 9.45. The average Bonchev–Trinajstić information content (AvgIpc) is 2.83. The molecule has 0 spiro atoms. The van der Waals surface area contributed by atoms with Crippen molar-refractivity contribution >= 4 is 48.2 Å². The average molecular weight is 665 g/mol. The Kier molecular flexibility index (Phi) is 10.6. The van der Waals surface area contributed by atoms with Crippen LogP contribution in [0.5, 0.6) is 5.75 Å². The molecule has 7 nitrogen and oxygen atoms in total. The van der Waals surface area contributed by atoms with Gasteiger partial charge in [-0.3, -0.25) is 9.13 Å². The maximum Gasteiger partial charge on any atom is 0.399 e. The van der Waals surface area contributed by atoms with E-state index in [2.05, 4.69) is 15.9 Å². The van der Waals surface area contributed by atoms with Gasteiger partial charge in [-0.2, -0.15) is 20.5 Å². The molecule has 4 N–H and O–H groups in total. The van der Waals surface area contributed by atoms with Gasteiger partial charge in [-0.15, -0.1) is 0 Å². The van der Waals surface area contributed by atoms with E-state index >= 15 is 0 Å². The SMILES string of the molecule is CC(C)CCOc1ccc(-c2ccc(CSCc3ccc(C(F)(F)P(=O)(O)O)c(Br)c3)cc2)cc1P(=O)(O)O. The van der Waals surface area contributed by atoms with Crippen molar-refractivity contribution in [1.29, 1.82) is 0 Å². The zero-order valence-electron chi connectivity index (χ0n) is 21.1. The van der Waals surface area contributed by atoms with Gasteiger partial charge in [0.05, 0.1) is 6.61 Å². The van der Waals surface area contributed by atoms with Crippen molar-refractivity contribution in [2.24, 2.45) is 5.92 Å². The van der Waals surface area contributed by atoms with Crippen molar-refractivity contribution < 1.29 is 42.2 Å². The summed E-state index contributed by atoms with van der Waals surface area (Å²) in [7, 11) is -10.2. The molecule has 0 radical (unpaired) electrons. The Morgan fingerprint density at radius 1 is 0.897 bits per heavy atom. The minimum Gasteiger partial charge on any atom is -0.493 e. The maximum absolute atomic E-state index is 14.0. The molecule has 0 heterocycles. The summed E-state index contributed by atoms with van der Waals surface area (Å²) in [6, 6.07) is 16.1. The first-order chi connectivity index (χ1) is 18.1. The van der Waals surface area contributed by atoms with E-state index in [4.69, 9.17) is 14.5 Å². The maximum atomic E-state index is 14.0. The summed E-state index contributed by atoms with van der Waals surface area (Å²) >= 11 is 4.52. The Morgan fingerprint density at radius 2 is 1.49 bits per heavy atom. The largest absolute Gasteiger partial charge is 0.493 e. The fraction of sp³-hybridized carbons (Fsp3) is 0.308. The molecule has 0 aliphatic heterocycles.